The van der Waals surface area contributed by atoms with Gasteiger partial charge in [0.1, 0.15) is 5.70 Å². The maximum atomic E-state index is 10.4. The van der Waals surface area contributed by atoms with Gasteiger partial charge in [0.15, 0.2) is 5.66 Å². The van der Waals surface area contributed by atoms with Crippen molar-refractivity contribution in [2.24, 2.45) is 11.5 Å². The molecule has 5 N–H and O–H groups in total. The lowest BCUT2D eigenvalue weighted by atomic mass is 10.1. The Balaban J connectivity index is 2.99. The van der Waals surface area contributed by atoms with Crippen molar-refractivity contribution in [1.29, 1.82) is 0 Å². The highest BCUT2D eigenvalue weighted by molar-refractivity contribution is 5.26. The second-order valence-corrected chi connectivity index (χ2v) is 2.80. The number of hydrogen-bond acceptors (Lipinski definition) is 5. The Morgan fingerprint density at radius 3 is 2.75 bits per heavy atom. The molecule has 6 nitrogen and oxygen atoms in total. The fourth-order valence-electron chi connectivity index (χ4n) is 0.862. The van der Waals surface area contributed by atoms with E-state index in [1.54, 1.807) is 13.0 Å². The number of nitrogens with one attached hydrogen (secondary N) is 1. The summed E-state index contributed by atoms with van der Waals surface area (Å²) in [6.07, 6.45) is 2.99. The molecule has 1 atom stereocenters. The van der Waals surface area contributed by atoms with Crippen LogP contribution < -0.4 is 16.8 Å². The molecule has 0 amide bonds. The zero-order chi connectivity index (χ0) is 9.35. The minimum absolute atomic E-state index is 0.0860. The van der Waals surface area contributed by atoms with Crippen LogP contribution in [-0.2, 0) is 0 Å². The lowest BCUT2D eigenvalue weighted by molar-refractivity contribution is -0.434. The van der Waals surface area contributed by atoms with Crippen LogP contribution >= 0.6 is 0 Å². The lowest BCUT2D eigenvalue weighted by Crippen LogP contribution is -2.52. The monoisotopic (exact) mass is 170 g/mol. The van der Waals surface area contributed by atoms with Crippen LogP contribution in [0.2, 0.25) is 0 Å². The van der Waals surface area contributed by atoms with Crippen molar-refractivity contribution in [3.63, 3.8) is 0 Å². The van der Waals surface area contributed by atoms with Crippen LogP contribution in [-0.4, -0.2) is 10.6 Å². The number of nitro groups is 1. The van der Waals surface area contributed by atoms with Crippen LogP contribution in [0.1, 0.15) is 6.92 Å². The SMILES string of the molecule is CC1(N)C=CC(N)=C([N+](=O)[O-])N1. The summed E-state index contributed by atoms with van der Waals surface area (Å²) < 4.78 is 0. The fourth-order valence-corrected chi connectivity index (χ4v) is 0.862. The number of dihydropyridines is 1. The molecule has 0 aromatic rings. The van der Waals surface area contributed by atoms with E-state index in [1.807, 2.05) is 0 Å². The van der Waals surface area contributed by atoms with Gasteiger partial charge >= 0.3 is 5.82 Å². The molecule has 1 aliphatic heterocycles. The van der Waals surface area contributed by atoms with E-state index in [0.29, 0.717) is 0 Å². The van der Waals surface area contributed by atoms with Crippen LogP contribution in [0.4, 0.5) is 0 Å². The Hall–Kier alpha value is -1.56. The molecule has 66 valence electrons. The maximum Gasteiger partial charge on any atom is 0.340 e. The molecule has 1 rings (SSSR count). The fraction of sp³-hybridized carbons (Fsp3) is 0.333. The van der Waals surface area contributed by atoms with Crippen LogP contribution in [0.25, 0.3) is 0 Å². The number of rotatable bonds is 1. The molecule has 1 aliphatic rings. The first kappa shape index (κ1) is 8.54. The molecular formula is C6H10N4O2. The predicted octanol–water partition coefficient (Wildman–Crippen LogP) is -0.775. The third-order valence-electron chi connectivity index (χ3n) is 1.45. The summed E-state index contributed by atoms with van der Waals surface area (Å²) >= 11 is 0. The maximum absolute atomic E-state index is 10.4. The van der Waals surface area contributed by atoms with Crippen LogP contribution in [0, 0.1) is 10.1 Å². The summed E-state index contributed by atoms with van der Waals surface area (Å²) in [5.41, 5.74) is 10.1. The highest BCUT2D eigenvalue weighted by atomic mass is 16.6. The molecule has 0 aromatic heterocycles. The molecule has 0 saturated heterocycles. The van der Waals surface area contributed by atoms with Crippen molar-refractivity contribution >= 4 is 0 Å². The average molecular weight is 170 g/mol. The highest BCUT2D eigenvalue weighted by Crippen LogP contribution is 2.11. The van der Waals surface area contributed by atoms with Gasteiger partial charge in [0.25, 0.3) is 0 Å². The highest BCUT2D eigenvalue weighted by Gasteiger charge is 2.29. The van der Waals surface area contributed by atoms with E-state index in [2.05, 4.69) is 5.32 Å². The summed E-state index contributed by atoms with van der Waals surface area (Å²) in [6.45, 7) is 1.61. The number of nitrogens with two attached hydrogens (primary N) is 2. The summed E-state index contributed by atoms with van der Waals surface area (Å²) in [7, 11) is 0. The van der Waals surface area contributed by atoms with Gasteiger partial charge in [-0.2, -0.15) is 0 Å². The van der Waals surface area contributed by atoms with Gasteiger partial charge in [-0.05, 0) is 24.0 Å². The van der Waals surface area contributed by atoms with E-state index >= 15 is 0 Å². The minimum atomic E-state index is -0.898. The predicted molar refractivity (Wildman–Crippen MR) is 43.1 cm³/mol. The standard InChI is InChI=1S/C6H10N4O2/c1-6(8)3-2-4(7)5(9-6)10(11)12/h2-3,9H,7-8H2,1H3. The number of hydrogen-bond donors (Lipinski definition) is 3. The van der Waals surface area contributed by atoms with Crippen molar-refractivity contribution < 1.29 is 4.92 Å². The zero-order valence-corrected chi connectivity index (χ0v) is 6.57. The molecule has 0 bridgehead atoms. The molecule has 0 fully saturated rings. The smallest absolute Gasteiger partial charge is 0.340 e. The molecule has 12 heavy (non-hydrogen) atoms. The molecule has 1 heterocycles. The third-order valence-corrected chi connectivity index (χ3v) is 1.45. The largest absolute Gasteiger partial charge is 0.392 e. The average Bonchev–Trinajstić information content (AvgIpc) is 1.94. The van der Waals surface area contributed by atoms with Crippen LogP contribution in [0.15, 0.2) is 23.7 Å². The topological polar surface area (TPSA) is 107 Å². The van der Waals surface area contributed by atoms with Crippen LogP contribution in [0.5, 0.6) is 0 Å². The summed E-state index contributed by atoms with van der Waals surface area (Å²) in [6, 6.07) is 0. The first-order chi connectivity index (χ1) is 5.42. The first-order valence-corrected chi connectivity index (χ1v) is 3.33. The van der Waals surface area contributed by atoms with E-state index in [9.17, 15) is 10.1 Å². The molecule has 0 saturated carbocycles. The van der Waals surface area contributed by atoms with E-state index in [1.165, 1.54) is 6.08 Å². The molecule has 0 aliphatic carbocycles. The normalized spacial score (nSPS) is 28.5. The summed E-state index contributed by atoms with van der Waals surface area (Å²) in [5, 5.41) is 12.9. The second kappa shape index (κ2) is 2.49. The Kier molecular flexibility index (Phi) is 1.77. The number of nitrogens with zero attached hydrogens (tertiary/aromatic N) is 1. The second-order valence-electron chi connectivity index (χ2n) is 2.80. The first-order valence-electron chi connectivity index (χ1n) is 3.33. The Bertz CT molecular complexity index is 279. The zero-order valence-electron chi connectivity index (χ0n) is 6.57. The van der Waals surface area contributed by atoms with Crippen molar-refractivity contribution in [2.45, 2.75) is 12.6 Å². The van der Waals surface area contributed by atoms with Crippen molar-refractivity contribution in [3.8, 4) is 0 Å². The lowest BCUT2D eigenvalue weighted by Gasteiger charge is -2.22. The molecule has 1 unspecified atom stereocenters. The summed E-state index contributed by atoms with van der Waals surface area (Å²) in [4.78, 5) is 9.77. The van der Waals surface area contributed by atoms with Gasteiger partial charge in [-0.15, -0.1) is 0 Å². The van der Waals surface area contributed by atoms with Gasteiger partial charge in [0.05, 0.1) is 0 Å². The Morgan fingerprint density at radius 1 is 1.75 bits per heavy atom. The number of allylic oxidation sites excluding steroid dienone is 1. The van der Waals surface area contributed by atoms with Crippen molar-refractivity contribution in [1.82, 2.24) is 5.32 Å². The molecule has 0 aromatic carbocycles. The molecular weight excluding hydrogens is 160 g/mol. The van der Waals surface area contributed by atoms with Gasteiger partial charge in [-0.25, -0.2) is 5.32 Å². The molecule has 0 spiro atoms. The van der Waals surface area contributed by atoms with E-state index in [-0.39, 0.29) is 11.5 Å². The Morgan fingerprint density at radius 2 is 2.33 bits per heavy atom. The van der Waals surface area contributed by atoms with E-state index in [4.69, 9.17) is 11.5 Å². The van der Waals surface area contributed by atoms with E-state index in [0.717, 1.165) is 0 Å². The van der Waals surface area contributed by atoms with E-state index < -0.39 is 10.6 Å². The quantitative estimate of drug-likeness (QED) is 0.353. The minimum Gasteiger partial charge on any atom is -0.392 e. The van der Waals surface area contributed by atoms with Crippen LogP contribution in [0.3, 0.4) is 0 Å². The Labute approximate surface area is 69.1 Å². The van der Waals surface area contributed by atoms with Crippen molar-refractivity contribution in [2.75, 3.05) is 0 Å². The van der Waals surface area contributed by atoms with Gasteiger partial charge in [-0.1, -0.05) is 0 Å². The molecule has 0 radical (unpaired) electrons. The molecule has 6 heteroatoms. The van der Waals surface area contributed by atoms with Gasteiger partial charge in [0, 0.05) is 0 Å². The van der Waals surface area contributed by atoms with Gasteiger partial charge in [-0.3, -0.25) is 5.73 Å². The summed E-state index contributed by atoms with van der Waals surface area (Å²) in [5.74, 6) is -0.248. The van der Waals surface area contributed by atoms with Crippen molar-refractivity contribution in [3.05, 3.63) is 33.8 Å². The van der Waals surface area contributed by atoms with Gasteiger partial charge < -0.3 is 15.8 Å². The van der Waals surface area contributed by atoms with Gasteiger partial charge in [0.2, 0.25) is 0 Å². The third kappa shape index (κ3) is 1.54.